The molecule has 1 aliphatic heterocycles. The number of rotatable bonds is 5. The molecule has 3 rings (SSSR count). The lowest BCUT2D eigenvalue weighted by Gasteiger charge is -2.23. The third-order valence-electron chi connectivity index (χ3n) is 4.49. The normalized spacial score (nSPS) is 17.6. The van der Waals surface area contributed by atoms with Crippen LogP contribution >= 0.6 is 0 Å². The number of amides is 1. The summed E-state index contributed by atoms with van der Waals surface area (Å²) in [5, 5.41) is 0.809. The molecule has 0 spiro atoms. The summed E-state index contributed by atoms with van der Waals surface area (Å²) in [5.74, 6) is -0.524. The zero-order valence-corrected chi connectivity index (χ0v) is 13.6. The van der Waals surface area contributed by atoms with Gasteiger partial charge >= 0.3 is 0 Å². The molecule has 1 N–H and O–H groups in total. The predicted octanol–water partition coefficient (Wildman–Crippen LogP) is 2.54. The molecule has 0 unspecified atom stereocenters. The van der Waals surface area contributed by atoms with Crippen LogP contribution in [0, 0.1) is 12.8 Å². The second kappa shape index (κ2) is 6.54. The first-order valence-electron chi connectivity index (χ1n) is 8.10. The predicted molar refractivity (Wildman–Crippen MR) is 88.5 cm³/mol. The monoisotopic (exact) mass is 314 g/mol. The quantitative estimate of drug-likeness (QED) is 0.681. The lowest BCUT2D eigenvalue weighted by molar-refractivity contribution is -0.126. The van der Waals surface area contributed by atoms with Crippen LogP contribution in [0.3, 0.4) is 0 Å². The fourth-order valence-corrected chi connectivity index (χ4v) is 3.21. The van der Waals surface area contributed by atoms with Crippen molar-refractivity contribution < 1.29 is 14.3 Å². The van der Waals surface area contributed by atoms with E-state index in [9.17, 15) is 9.59 Å². The molecular weight excluding hydrogens is 292 g/mol. The number of likely N-dealkylation sites (N-methyl/N-ethyl adjacent to an activating group) is 1. The summed E-state index contributed by atoms with van der Waals surface area (Å²) in [4.78, 5) is 30.3. The number of hydrogen-bond donors (Lipinski definition) is 1. The number of aryl methyl sites for hydroxylation is 1. The molecule has 2 aromatic rings. The molecule has 1 aliphatic rings. The number of hydrogen-bond acceptors (Lipinski definition) is 3. The number of carbonyl (C=O) groups excluding carboxylic acids is 2. The third kappa shape index (κ3) is 3.01. The summed E-state index contributed by atoms with van der Waals surface area (Å²) in [6.45, 7) is 6.27. The average Bonchev–Trinajstić information content (AvgIpc) is 3.17. The standard InChI is InChI=1S/C18H22N2O3/c1-3-20(10-13-8-9-23-11-13)18(22)17(21)16-12(2)19-15-7-5-4-6-14(15)16/h4-7,13,19H,3,8-11H2,1-2H3/t13-/m1/s1. The van der Waals surface area contributed by atoms with E-state index in [1.807, 2.05) is 38.1 Å². The fraction of sp³-hybridized carbons (Fsp3) is 0.444. The van der Waals surface area contributed by atoms with Crippen molar-refractivity contribution in [1.82, 2.24) is 9.88 Å². The Morgan fingerprint density at radius 2 is 2.13 bits per heavy atom. The number of benzene rings is 1. The zero-order chi connectivity index (χ0) is 16.4. The number of aromatic nitrogens is 1. The maximum absolute atomic E-state index is 12.8. The van der Waals surface area contributed by atoms with Crippen LogP contribution in [-0.2, 0) is 9.53 Å². The first-order valence-corrected chi connectivity index (χ1v) is 8.10. The molecule has 23 heavy (non-hydrogen) atoms. The number of nitrogens with one attached hydrogen (secondary N) is 1. The van der Waals surface area contributed by atoms with Gasteiger partial charge in [0.05, 0.1) is 12.2 Å². The van der Waals surface area contributed by atoms with E-state index in [0.717, 1.165) is 29.6 Å². The number of ketones is 1. The molecule has 0 aliphatic carbocycles. The highest BCUT2D eigenvalue weighted by atomic mass is 16.5. The molecule has 1 fully saturated rings. The Balaban J connectivity index is 1.85. The van der Waals surface area contributed by atoms with Crippen molar-refractivity contribution in [3.8, 4) is 0 Å². The summed E-state index contributed by atoms with van der Waals surface area (Å²) in [6.07, 6.45) is 0.948. The first-order chi connectivity index (χ1) is 11.1. The van der Waals surface area contributed by atoms with Crippen LogP contribution in [0.5, 0.6) is 0 Å². The lowest BCUT2D eigenvalue weighted by Crippen LogP contribution is -2.40. The number of Topliss-reactive ketones (excluding diaryl/α,β-unsaturated/α-hetero) is 1. The van der Waals surface area contributed by atoms with Gasteiger partial charge in [-0.15, -0.1) is 0 Å². The Kier molecular flexibility index (Phi) is 4.48. The number of fused-ring (bicyclic) bond motifs is 1. The summed E-state index contributed by atoms with van der Waals surface area (Å²) >= 11 is 0. The zero-order valence-electron chi connectivity index (χ0n) is 13.6. The van der Waals surface area contributed by atoms with E-state index < -0.39 is 11.7 Å². The Bertz CT molecular complexity index is 729. The molecule has 2 heterocycles. The smallest absolute Gasteiger partial charge is 0.295 e. The highest BCUT2D eigenvalue weighted by Gasteiger charge is 2.29. The molecule has 1 saturated heterocycles. The lowest BCUT2D eigenvalue weighted by atomic mass is 10.0. The van der Waals surface area contributed by atoms with Crippen LogP contribution in [0.25, 0.3) is 10.9 Å². The van der Waals surface area contributed by atoms with Gasteiger partial charge in [-0.25, -0.2) is 0 Å². The maximum Gasteiger partial charge on any atom is 0.295 e. The summed E-state index contributed by atoms with van der Waals surface area (Å²) < 4.78 is 5.36. The van der Waals surface area contributed by atoms with Gasteiger partial charge in [0.25, 0.3) is 11.7 Å². The number of nitrogens with zero attached hydrogens (tertiary/aromatic N) is 1. The van der Waals surface area contributed by atoms with Crippen LogP contribution in [0.4, 0.5) is 0 Å². The molecule has 1 aromatic heterocycles. The number of para-hydroxylation sites is 1. The summed E-state index contributed by atoms with van der Waals surface area (Å²) in [5.41, 5.74) is 2.12. The van der Waals surface area contributed by atoms with Gasteiger partial charge in [-0.05, 0) is 26.3 Å². The van der Waals surface area contributed by atoms with Crippen molar-refractivity contribution in [1.29, 1.82) is 0 Å². The molecule has 5 heteroatoms. The van der Waals surface area contributed by atoms with Crippen LogP contribution < -0.4 is 0 Å². The molecule has 1 amide bonds. The molecule has 122 valence electrons. The molecule has 0 radical (unpaired) electrons. The van der Waals surface area contributed by atoms with Gasteiger partial charge < -0.3 is 14.6 Å². The topological polar surface area (TPSA) is 62.4 Å². The fourth-order valence-electron chi connectivity index (χ4n) is 3.21. The summed E-state index contributed by atoms with van der Waals surface area (Å²) in [6, 6.07) is 7.58. The Morgan fingerprint density at radius 1 is 1.35 bits per heavy atom. The van der Waals surface area contributed by atoms with Gasteiger partial charge in [-0.3, -0.25) is 9.59 Å². The van der Waals surface area contributed by atoms with Crippen molar-refractivity contribution in [3.05, 3.63) is 35.5 Å². The molecular formula is C18H22N2O3. The van der Waals surface area contributed by atoms with E-state index in [1.54, 1.807) is 4.90 Å². The van der Waals surface area contributed by atoms with Crippen LogP contribution in [0.2, 0.25) is 0 Å². The third-order valence-corrected chi connectivity index (χ3v) is 4.49. The highest BCUT2D eigenvalue weighted by Crippen LogP contribution is 2.23. The molecule has 0 bridgehead atoms. The minimum absolute atomic E-state index is 0.329. The van der Waals surface area contributed by atoms with Crippen molar-refractivity contribution in [3.63, 3.8) is 0 Å². The maximum atomic E-state index is 12.8. The SMILES string of the molecule is CCN(C[C@H]1CCOC1)C(=O)C(=O)c1c(C)[nH]c2ccccc12. The van der Waals surface area contributed by atoms with Crippen molar-refractivity contribution in [2.45, 2.75) is 20.3 Å². The van der Waals surface area contributed by atoms with E-state index in [0.29, 0.717) is 31.2 Å². The second-order valence-corrected chi connectivity index (χ2v) is 6.07. The van der Waals surface area contributed by atoms with E-state index >= 15 is 0 Å². The molecule has 5 nitrogen and oxygen atoms in total. The van der Waals surface area contributed by atoms with Crippen LogP contribution in [-0.4, -0.2) is 47.9 Å². The van der Waals surface area contributed by atoms with Gasteiger partial charge in [0.15, 0.2) is 0 Å². The summed E-state index contributed by atoms with van der Waals surface area (Å²) in [7, 11) is 0. The van der Waals surface area contributed by atoms with E-state index in [2.05, 4.69) is 4.98 Å². The first kappa shape index (κ1) is 15.7. The van der Waals surface area contributed by atoms with E-state index in [1.165, 1.54) is 0 Å². The second-order valence-electron chi connectivity index (χ2n) is 6.07. The van der Waals surface area contributed by atoms with E-state index in [4.69, 9.17) is 4.74 Å². The van der Waals surface area contributed by atoms with Gasteiger partial charge in [0, 0.05) is 42.2 Å². The molecule has 0 saturated carbocycles. The number of ether oxygens (including phenoxy) is 1. The Labute approximate surface area is 135 Å². The average molecular weight is 314 g/mol. The minimum Gasteiger partial charge on any atom is -0.381 e. The van der Waals surface area contributed by atoms with Gasteiger partial charge in [-0.1, -0.05) is 18.2 Å². The van der Waals surface area contributed by atoms with Crippen molar-refractivity contribution in [2.75, 3.05) is 26.3 Å². The van der Waals surface area contributed by atoms with Gasteiger partial charge in [0.2, 0.25) is 0 Å². The largest absolute Gasteiger partial charge is 0.381 e. The van der Waals surface area contributed by atoms with Crippen LogP contribution in [0.1, 0.15) is 29.4 Å². The molecule has 1 atom stereocenters. The minimum atomic E-state index is -0.430. The Hall–Kier alpha value is -2.14. The highest BCUT2D eigenvalue weighted by molar-refractivity contribution is 6.45. The van der Waals surface area contributed by atoms with Crippen molar-refractivity contribution in [2.24, 2.45) is 5.92 Å². The van der Waals surface area contributed by atoms with Gasteiger partial charge in [-0.2, -0.15) is 0 Å². The van der Waals surface area contributed by atoms with Gasteiger partial charge in [0.1, 0.15) is 0 Å². The number of H-pyrrole nitrogens is 1. The van der Waals surface area contributed by atoms with Crippen molar-refractivity contribution >= 4 is 22.6 Å². The number of aromatic amines is 1. The van der Waals surface area contributed by atoms with Crippen LogP contribution in [0.15, 0.2) is 24.3 Å². The molecule has 1 aromatic carbocycles. The van der Waals surface area contributed by atoms with E-state index in [-0.39, 0.29) is 0 Å². The number of carbonyl (C=O) groups is 2. The Morgan fingerprint density at radius 3 is 2.83 bits per heavy atom.